The molecule has 2 N–H and O–H groups in total. The average Bonchev–Trinajstić information content (AvgIpc) is 3.09. The van der Waals surface area contributed by atoms with E-state index in [1.165, 1.54) is 17.0 Å². The lowest BCUT2D eigenvalue weighted by molar-refractivity contribution is -0.122. The van der Waals surface area contributed by atoms with Crippen molar-refractivity contribution in [3.63, 3.8) is 0 Å². The van der Waals surface area contributed by atoms with Gasteiger partial charge in [-0.3, -0.25) is 14.2 Å². The van der Waals surface area contributed by atoms with Crippen molar-refractivity contribution in [2.75, 3.05) is 6.61 Å². The molecule has 1 aromatic carbocycles. The summed E-state index contributed by atoms with van der Waals surface area (Å²) >= 11 is 0. The number of para-hydroxylation sites is 2. The molecule has 7 heteroatoms. The Kier molecular flexibility index (Phi) is 4.20. The molecule has 0 bridgehead atoms. The Balaban J connectivity index is 1.83. The molecule has 118 valence electrons. The molecule has 2 aromatic heterocycles. The molecule has 23 heavy (non-hydrogen) atoms. The Morgan fingerprint density at radius 3 is 2.87 bits per heavy atom. The molecular formula is C16H15N3O4. The fraction of sp³-hybridized carbons (Fsp3) is 0.188. The number of fused-ring (bicyclic) bond motifs is 1. The molecule has 0 spiro atoms. The average molecular weight is 313 g/mol. The van der Waals surface area contributed by atoms with Gasteiger partial charge >= 0.3 is 0 Å². The van der Waals surface area contributed by atoms with Crippen molar-refractivity contribution in [3.05, 3.63) is 65.0 Å². The standard InChI is InChI=1S/C16H15N3O4/c20-10-12(14-6-3-7-23-14)18-15(21)9-19-13-5-2-1-4-11(13)17-8-16(19)22/h1-8,12,20H,9-10H2,(H,18,21). The van der Waals surface area contributed by atoms with E-state index in [0.29, 0.717) is 16.8 Å². The van der Waals surface area contributed by atoms with E-state index in [2.05, 4.69) is 10.3 Å². The van der Waals surface area contributed by atoms with Gasteiger partial charge in [0.05, 0.1) is 30.1 Å². The Morgan fingerprint density at radius 2 is 2.13 bits per heavy atom. The number of hydrogen-bond acceptors (Lipinski definition) is 5. The number of nitrogens with zero attached hydrogens (tertiary/aromatic N) is 2. The fourth-order valence-corrected chi connectivity index (χ4v) is 2.36. The molecule has 1 amide bonds. The van der Waals surface area contributed by atoms with E-state index in [0.717, 1.165) is 0 Å². The van der Waals surface area contributed by atoms with Gasteiger partial charge < -0.3 is 14.8 Å². The molecule has 3 rings (SSSR count). The van der Waals surface area contributed by atoms with Crippen LogP contribution in [0, 0.1) is 0 Å². The van der Waals surface area contributed by atoms with E-state index >= 15 is 0 Å². The Hall–Kier alpha value is -2.93. The molecule has 2 heterocycles. The lowest BCUT2D eigenvalue weighted by Crippen LogP contribution is -2.36. The van der Waals surface area contributed by atoms with Crippen LogP contribution in [-0.2, 0) is 11.3 Å². The van der Waals surface area contributed by atoms with E-state index in [4.69, 9.17) is 4.42 Å². The lowest BCUT2D eigenvalue weighted by Gasteiger charge is -2.15. The molecule has 3 aromatic rings. The summed E-state index contributed by atoms with van der Waals surface area (Å²) in [6.45, 7) is -0.468. The number of carbonyl (C=O) groups is 1. The summed E-state index contributed by atoms with van der Waals surface area (Å²) in [5.41, 5.74) is 0.843. The van der Waals surface area contributed by atoms with Crippen LogP contribution in [0.4, 0.5) is 0 Å². The molecule has 0 saturated carbocycles. The van der Waals surface area contributed by atoms with E-state index < -0.39 is 11.9 Å². The van der Waals surface area contributed by atoms with Gasteiger partial charge in [0.25, 0.3) is 5.56 Å². The first-order chi connectivity index (χ1) is 11.2. The number of hydrogen-bond donors (Lipinski definition) is 2. The number of aliphatic hydroxyl groups is 1. The fourth-order valence-electron chi connectivity index (χ4n) is 2.36. The smallest absolute Gasteiger partial charge is 0.269 e. The molecule has 0 fully saturated rings. The number of nitrogens with one attached hydrogen (secondary N) is 1. The van der Waals surface area contributed by atoms with Gasteiger partial charge in [0, 0.05) is 0 Å². The molecule has 0 aliphatic rings. The number of amides is 1. The van der Waals surface area contributed by atoms with E-state index in [1.807, 2.05) is 6.07 Å². The minimum absolute atomic E-state index is 0.168. The minimum Gasteiger partial charge on any atom is -0.467 e. The molecule has 0 saturated heterocycles. The number of aliphatic hydroxyl groups excluding tert-OH is 1. The predicted molar refractivity (Wildman–Crippen MR) is 82.7 cm³/mol. The van der Waals surface area contributed by atoms with Gasteiger partial charge in [-0.05, 0) is 24.3 Å². The van der Waals surface area contributed by atoms with Crippen molar-refractivity contribution in [1.82, 2.24) is 14.9 Å². The SMILES string of the molecule is O=C(Cn1c(=O)cnc2ccccc21)NC(CO)c1ccco1. The topological polar surface area (TPSA) is 97.4 Å². The van der Waals surface area contributed by atoms with Crippen molar-refractivity contribution in [1.29, 1.82) is 0 Å². The van der Waals surface area contributed by atoms with Crippen LogP contribution < -0.4 is 10.9 Å². The maximum absolute atomic E-state index is 12.2. The van der Waals surface area contributed by atoms with Gasteiger partial charge in [-0.25, -0.2) is 4.98 Å². The first-order valence-corrected chi connectivity index (χ1v) is 7.07. The van der Waals surface area contributed by atoms with Crippen LogP contribution in [0.3, 0.4) is 0 Å². The summed E-state index contributed by atoms with van der Waals surface area (Å²) in [7, 11) is 0. The van der Waals surface area contributed by atoms with Crippen molar-refractivity contribution in [3.8, 4) is 0 Å². The number of furan rings is 1. The van der Waals surface area contributed by atoms with Gasteiger partial charge in [-0.1, -0.05) is 12.1 Å². The minimum atomic E-state index is -0.652. The highest BCUT2D eigenvalue weighted by molar-refractivity contribution is 5.80. The van der Waals surface area contributed by atoms with Crippen molar-refractivity contribution >= 4 is 16.9 Å². The summed E-state index contributed by atoms with van der Waals surface area (Å²) in [4.78, 5) is 28.3. The van der Waals surface area contributed by atoms with Crippen LogP contribution in [0.2, 0.25) is 0 Å². The largest absolute Gasteiger partial charge is 0.467 e. The number of rotatable bonds is 5. The molecule has 0 radical (unpaired) electrons. The van der Waals surface area contributed by atoms with Crippen LogP contribution in [0.1, 0.15) is 11.8 Å². The van der Waals surface area contributed by atoms with Gasteiger partial charge in [0.1, 0.15) is 18.3 Å². The van der Waals surface area contributed by atoms with Crippen LogP contribution in [0.5, 0.6) is 0 Å². The zero-order valence-electron chi connectivity index (χ0n) is 12.2. The Labute approximate surface area is 131 Å². The molecular weight excluding hydrogens is 298 g/mol. The molecule has 1 unspecified atom stereocenters. The Bertz CT molecular complexity index is 870. The third-order valence-electron chi connectivity index (χ3n) is 3.46. The van der Waals surface area contributed by atoms with Crippen LogP contribution in [0.15, 0.2) is 58.1 Å². The van der Waals surface area contributed by atoms with E-state index in [1.54, 1.807) is 30.3 Å². The van der Waals surface area contributed by atoms with Crippen molar-refractivity contribution in [2.45, 2.75) is 12.6 Å². The monoisotopic (exact) mass is 313 g/mol. The molecule has 0 aliphatic carbocycles. The first kappa shape index (κ1) is 15.0. The summed E-state index contributed by atoms with van der Waals surface area (Å²) < 4.78 is 6.52. The zero-order chi connectivity index (χ0) is 16.2. The second-order valence-electron chi connectivity index (χ2n) is 4.99. The third kappa shape index (κ3) is 3.14. The number of benzene rings is 1. The maximum atomic E-state index is 12.2. The lowest BCUT2D eigenvalue weighted by atomic mass is 10.2. The predicted octanol–water partition coefficient (Wildman–Crippen LogP) is 0.839. The van der Waals surface area contributed by atoms with Gasteiger partial charge in [-0.15, -0.1) is 0 Å². The van der Waals surface area contributed by atoms with Crippen LogP contribution in [0.25, 0.3) is 11.0 Å². The Morgan fingerprint density at radius 1 is 1.30 bits per heavy atom. The first-order valence-electron chi connectivity index (χ1n) is 7.07. The molecule has 7 nitrogen and oxygen atoms in total. The van der Waals surface area contributed by atoms with Crippen LogP contribution >= 0.6 is 0 Å². The molecule has 1 atom stereocenters. The quantitative estimate of drug-likeness (QED) is 0.727. The van der Waals surface area contributed by atoms with Crippen molar-refractivity contribution < 1.29 is 14.3 Å². The summed E-state index contributed by atoms with van der Waals surface area (Å²) in [5, 5.41) is 12.0. The summed E-state index contributed by atoms with van der Waals surface area (Å²) in [5.74, 6) is 0.0479. The normalized spacial score (nSPS) is 12.2. The van der Waals surface area contributed by atoms with Crippen molar-refractivity contribution in [2.24, 2.45) is 0 Å². The van der Waals surface area contributed by atoms with E-state index in [-0.39, 0.29) is 18.7 Å². The summed E-state index contributed by atoms with van der Waals surface area (Å²) in [6.07, 6.45) is 2.65. The zero-order valence-corrected chi connectivity index (χ0v) is 12.2. The second-order valence-corrected chi connectivity index (χ2v) is 4.99. The number of carbonyl (C=O) groups excluding carboxylic acids is 1. The van der Waals surface area contributed by atoms with Crippen LogP contribution in [-0.4, -0.2) is 27.2 Å². The van der Waals surface area contributed by atoms with Gasteiger partial charge in [0.2, 0.25) is 5.91 Å². The maximum Gasteiger partial charge on any atom is 0.269 e. The van der Waals surface area contributed by atoms with E-state index in [9.17, 15) is 14.7 Å². The highest BCUT2D eigenvalue weighted by atomic mass is 16.3. The highest BCUT2D eigenvalue weighted by Crippen LogP contribution is 2.13. The third-order valence-corrected chi connectivity index (χ3v) is 3.46. The highest BCUT2D eigenvalue weighted by Gasteiger charge is 2.17. The number of aromatic nitrogens is 2. The van der Waals surface area contributed by atoms with Gasteiger partial charge in [-0.2, -0.15) is 0 Å². The van der Waals surface area contributed by atoms with Gasteiger partial charge in [0.15, 0.2) is 0 Å². The second kappa shape index (κ2) is 6.45. The summed E-state index contributed by atoms with van der Waals surface area (Å²) in [6, 6.07) is 9.76. The molecule has 0 aliphatic heterocycles.